The lowest BCUT2D eigenvalue weighted by Gasteiger charge is -2.16. The minimum absolute atomic E-state index is 0.131. The zero-order valence-electron chi connectivity index (χ0n) is 8.61. The van der Waals surface area contributed by atoms with Crippen LogP contribution in [0.3, 0.4) is 0 Å². The van der Waals surface area contributed by atoms with Gasteiger partial charge in [0.1, 0.15) is 11.9 Å². The van der Waals surface area contributed by atoms with Gasteiger partial charge in [0.15, 0.2) is 6.10 Å². The van der Waals surface area contributed by atoms with Crippen molar-refractivity contribution in [2.75, 3.05) is 11.9 Å². The number of nitrogens with zero attached hydrogens (tertiary/aromatic N) is 2. The van der Waals surface area contributed by atoms with Crippen LogP contribution in [-0.2, 0) is 0 Å². The summed E-state index contributed by atoms with van der Waals surface area (Å²) in [6.07, 6.45) is -5.32. The van der Waals surface area contributed by atoms with E-state index in [1.54, 1.807) is 0 Å². The maximum absolute atomic E-state index is 12.1. The molecule has 0 aromatic carbocycles. The Labute approximate surface area is 107 Å². The molecule has 0 radical (unpaired) electrons. The van der Waals surface area contributed by atoms with Crippen LogP contribution >= 0.6 is 15.9 Å². The second-order valence-corrected chi connectivity index (χ2v) is 4.07. The Bertz CT molecular complexity index is 455. The zero-order valence-corrected chi connectivity index (χ0v) is 10.2. The van der Waals surface area contributed by atoms with Gasteiger partial charge in [-0.05, 0) is 15.9 Å². The van der Waals surface area contributed by atoms with Gasteiger partial charge in [0.05, 0.1) is 15.9 Å². The Hall–Kier alpha value is -1.42. The number of nitro groups is 1. The second-order valence-electron chi connectivity index (χ2n) is 3.21. The van der Waals surface area contributed by atoms with E-state index in [9.17, 15) is 23.3 Å². The van der Waals surface area contributed by atoms with E-state index in [0.29, 0.717) is 0 Å². The third-order valence-electron chi connectivity index (χ3n) is 1.93. The summed E-state index contributed by atoms with van der Waals surface area (Å²) in [5, 5.41) is 21.6. The van der Waals surface area contributed by atoms with Crippen LogP contribution in [0.5, 0.6) is 0 Å². The molecule has 0 aliphatic heterocycles. The highest BCUT2D eigenvalue weighted by Crippen LogP contribution is 2.31. The van der Waals surface area contributed by atoms with Crippen LogP contribution in [0, 0.1) is 10.1 Å². The molecule has 1 unspecified atom stereocenters. The molecule has 10 heteroatoms. The number of anilines is 1. The van der Waals surface area contributed by atoms with Crippen molar-refractivity contribution in [1.29, 1.82) is 0 Å². The second kappa shape index (κ2) is 5.48. The Morgan fingerprint density at radius 3 is 2.67 bits per heavy atom. The van der Waals surface area contributed by atoms with Crippen molar-refractivity contribution in [2.24, 2.45) is 0 Å². The molecular weight excluding hydrogens is 323 g/mol. The Balaban J connectivity index is 2.88. The molecule has 1 rings (SSSR count). The van der Waals surface area contributed by atoms with E-state index < -0.39 is 29.4 Å². The number of hydrogen-bond acceptors (Lipinski definition) is 5. The standard InChI is InChI=1S/C8H7BrF3N3O3/c9-4-1-13-2-5(15(17)18)7(4)14-3-6(16)8(10,11)12/h1-2,6,16H,3H2,(H,13,14). The summed E-state index contributed by atoms with van der Waals surface area (Å²) < 4.78 is 36.3. The first kappa shape index (κ1) is 14.6. The maximum atomic E-state index is 12.1. The number of nitrogens with one attached hydrogen (secondary N) is 1. The van der Waals surface area contributed by atoms with Crippen LogP contribution < -0.4 is 5.32 Å². The molecule has 0 aliphatic carbocycles. The number of rotatable bonds is 4. The minimum atomic E-state index is -4.79. The molecule has 1 aromatic heterocycles. The van der Waals surface area contributed by atoms with Crippen LogP contribution in [-0.4, -0.2) is 33.8 Å². The van der Waals surface area contributed by atoms with Crippen molar-refractivity contribution < 1.29 is 23.2 Å². The quantitative estimate of drug-likeness (QED) is 0.652. The SMILES string of the molecule is O=[N+]([O-])c1cncc(Br)c1NCC(O)C(F)(F)F. The van der Waals surface area contributed by atoms with Crippen LogP contribution in [0.15, 0.2) is 16.9 Å². The van der Waals surface area contributed by atoms with E-state index in [4.69, 9.17) is 5.11 Å². The summed E-state index contributed by atoms with van der Waals surface area (Å²) in [5.74, 6) is 0. The molecule has 6 nitrogen and oxygen atoms in total. The van der Waals surface area contributed by atoms with Crippen molar-refractivity contribution in [1.82, 2.24) is 4.98 Å². The number of alkyl halides is 3. The van der Waals surface area contributed by atoms with E-state index in [1.807, 2.05) is 0 Å². The summed E-state index contributed by atoms with van der Waals surface area (Å²) in [7, 11) is 0. The fourth-order valence-corrected chi connectivity index (χ4v) is 1.51. The topological polar surface area (TPSA) is 88.3 Å². The van der Waals surface area contributed by atoms with Crippen molar-refractivity contribution >= 4 is 27.3 Å². The molecule has 18 heavy (non-hydrogen) atoms. The van der Waals surface area contributed by atoms with Crippen LogP contribution in [0.4, 0.5) is 24.5 Å². The number of aliphatic hydroxyl groups is 1. The van der Waals surface area contributed by atoms with E-state index >= 15 is 0 Å². The monoisotopic (exact) mass is 329 g/mol. The van der Waals surface area contributed by atoms with Gasteiger partial charge >= 0.3 is 11.9 Å². The molecule has 2 N–H and O–H groups in total. The normalized spacial score (nSPS) is 13.2. The lowest BCUT2D eigenvalue weighted by Crippen LogP contribution is -2.35. The molecule has 1 atom stereocenters. The summed E-state index contributed by atoms with van der Waals surface area (Å²) in [6, 6.07) is 0. The molecule has 1 aromatic rings. The van der Waals surface area contributed by atoms with Crippen molar-refractivity contribution in [3.8, 4) is 0 Å². The maximum Gasteiger partial charge on any atom is 0.416 e. The van der Waals surface area contributed by atoms with Gasteiger partial charge in [-0.15, -0.1) is 0 Å². The molecule has 1 heterocycles. The fourth-order valence-electron chi connectivity index (χ4n) is 1.05. The first-order valence-electron chi connectivity index (χ1n) is 4.50. The highest BCUT2D eigenvalue weighted by atomic mass is 79.9. The van der Waals surface area contributed by atoms with Gasteiger partial charge in [-0.1, -0.05) is 0 Å². The van der Waals surface area contributed by atoms with Gasteiger partial charge < -0.3 is 10.4 Å². The predicted octanol–water partition coefficient (Wildman–Crippen LogP) is 2.09. The van der Waals surface area contributed by atoms with Crippen LogP contribution in [0.1, 0.15) is 0 Å². The van der Waals surface area contributed by atoms with Crippen molar-refractivity contribution in [3.05, 3.63) is 27.0 Å². The van der Waals surface area contributed by atoms with E-state index in [1.165, 1.54) is 6.20 Å². The van der Waals surface area contributed by atoms with Crippen molar-refractivity contribution in [3.63, 3.8) is 0 Å². The molecular formula is C8H7BrF3N3O3. The molecule has 0 saturated carbocycles. The molecule has 100 valence electrons. The summed E-state index contributed by atoms with van der Waals surface area (Å²) in [5.41, 5.74) is -0.656. The molecule has 0 spiro atoms. The molecule has 0 fully saturated rings. The molecule has 0 amide bonds. The Morgan fingerprint density at radius 2 is 2.17 bits per heavy atom. The highest BCUT2D eigenvalue weighted by molar-refractivity contribution is 9.10. The largest absolute Gasteiger partial charge is 0.416 e. The number of pyridine rings is 1. The number of halogens is 4. The molecule has 0 aliphatic rings. The lowest BCUT2D eigenvalue weighted by atomic mass is 10.3. The van der Waals surface area contributed by atoms with Gasteiger partial charge in [-0.25, -0.2) is 0 Å². The lowest BCUT2D eigenvalue weighted by molar-refractivity contribution is -0.384. The Kier molecular flexibility index (Phi) is 4.46. The average molecular weight is 330 g/mol. The van der Waals surface area contributed by atoms with Gasteiger partial charge in [0, 0.05) is 6.20 Å². The summed E-state index contributed by atoms with van der Waals surface area (Å²) in [4.78, 5) is 13.4. The van der Waals surface area contributed by atoms with Gasteiger partial charge in [0.25, 0.3) is 0 Å². The predicted molar refractivity (Wildman–Crippen MR) is 59.1 cm³/mol. The summed E-state index contributed by atoms with van der Waals surface area (Å²) >= 11 is 2.92. The number of aromatic nitrogens is 1. The smallest absolute Gasteiger partial charge is 0.382 e. The zero-order chi connectivity index (χ0) is 13.9. The van der Waals surface area contributed by atoms with E-state index in [2.05, 4.69) is 26.2 Å². The van der Waals surface area contributed by atoms with Crippen molar-refractivity contribution in [2.45, 2.75) is 12.3 Å². The number of aliphatic hydroxyl groups excluding tert-OH is 1. The minimum Gasteiger partial charge on any atom is -0.382 e. The first-order valence-corrected chi connectivity index (χ1v) is 5.29. The fraction of sp³-hybridized carbons (Fsp3) is 0.375. The van der Waals surface area contributed by atoms with Crippen LogP contribution in [0.2, 0.25) is 0 Å². The van der Waals surface area contributed by atoms with E-state index in [-0.39, 0.29) is 10.2 Å². The Morgan fingerprint density at radius 1 is 1.56 bits per heavy atom. The van der Waals surface area contributed by atoms with Gasteiger partial charge in [0.2, 0.25) is 0 Å². The summed E-state index contributed by atoms with van der Waals surface area (Å²) in [6.45, 7) is -0.896. The first-order chi connectivity index (χ1) is 8.23. The molecule has 0 saturated heterocycles. The third-order valence-corrected chi connectivity index (χ3v) is 2.53. The van der Waals surface area contributed by atoms with Crippen LogP contribution in [0.25, 0.3) is 0 Å². The van der Waals surface area contributed by atoms with Gasteiger partial charge in [-0.3, -0.25) is 15.1 Å². The number of hydrogen-bond donors (Lipinski definition) is 2. The van der Waals surface area contributed by atoms with Gasteiger partial charge in [-0.2, -0.15) is 13.2 Å². The van der Waals surface area contributed by atoms with E-state index in [0.717, 1.165) is 6.20 Å². The average Bonchev–Trinajstić information content (AvgIpc) is 2.25. The molecule has 0 bridgehead atoms. The highest BCUT2D eigenvalue weighted by Gasteiger charge is 2.38. The third kappa shape index (κ3) is 3.53.